The third kappa shape index (κ3) is 6.95. The Bertz CT molecular complexity index is 1260. The highest BCUT2D eigenvalue weighted by atomic mass is 19.4. The van der Waals surface area contributed by atoms with Crippen LogP contribution in [0.25, 0.3) is 0 Å². The van der Waals surface area contributed by atoms with Crippen molar-refractivity contribution in [2.24, 2.45) is 0 Å². The van der Waals surface area contributed by atoms with E-state index < -0.39 is 52.9 Å². The zero-order valence-corrected chi connectivity index (χ0v) is 20.5. The Morgan fingerprint density at radius 3 is 2.46 bits per heavy atom. The van der Waals surface area contributed by atoms with Gasteiger partial charge < -0.3 is 18.9 Å². The van der Waals surface area contributed by atoms with Crippen molar-refractivity contribution >= 4 is 5.91 Å². The smallest absolute Gasteiger partial charge is 0.363 e. The Hall–Kier alpha value is -3.24. The number of carbonyl (C=O) groups excluding carboxylic acids is 1. The molecule has 2 heterocycles. The van der Waals surface area contributed by atoms with E-state index in [1.807, 2.05) is 20.8 Å². The van der Waals surface area contributed by atoms with Crippen LogP contribution in [0.1, 0.15) is 49.3 Å². The molecule has 1 aromatic heterocycles. The van der Waals surface area contributed by atoms with Gasteiger partial charge >= 0.3 is 11.9 Å². The molecule has 0 bridgehead atoms. The molecule has 0 radical (unpaired) electrons. The molecule has 200 valence electrons. The Kier molecular flexibility index (Phi) is 8.76. The highest BCUT2D eigenvalue weighted by Crippen LogP contribution is 2.32. The van der Waals surface area contributed by atoms with Crippen molar-refractivity contribution in [3.8, 4) is 12.3 Å². The first kappa shape index (κ1) is 28.3. The molecule has 0 N–H and O–H groups in total. The van der Waals surface area contributed by atoms with E-state index >= 15 is 0 Å². The summed E-state index contributed by atoms with van der Waals surface area (Å²) in [7, 11) is 0. The lowest BCUT2D eigenvalue weighted by Crippen LogP contribution is -2.47. The summed E-state index contributed by atoms with van der Waals surface area (Å²) in [5.41, 5.74) is -5.37. The molecule has 1 saturated heterocycles. The lowest BCUT2D eigenvalue weighted by molar-refractivity contribution is -0.150. The number of carbonyl (C=O) groups is 1. The van der Waals surface area contributed by atoms with E-state index in [1.165, 1.54) is 24.3 Å². The number of hydrogen-bond donors (Lipinski definition) is 0. The van der Waals surface area contributed by atoms with E-state index in [0.717, 1.165) is 0 Å². The Morgan fingerprint density at radius 2 is 1.86 bits per heavy atom. The second-order valence-corrected chi connectivity index (χ2v) is 9.21. The fourth-order valence-corrected chi connectivity index (χ4v) is 3.60. The van der Waals surface area contributed by atoms with Crippen molar-refractivity contribution in [1.29, 1.82) is 0 Å². The normalized spacial score (nSPS) is 20.1. The van der Waals surface area contributed by atoms with E-state index in [4.69, 9.17) is 25.4 Å². The Balaban J connectivity index is 1.98. The third-order valence-corrected chi connectivity index (χ3v) is 5.37. The van der Waals surface area contributed by atoms with Crippen molar-refractivity contribution in [3.05, 3.63) is 68.5 Å². The summed E-state index contributed by atoms with van der Waals surface area (Å²) < 4.78 is 64.1. The van der Waals surface area contributed by atoms with Crippen LogP contribution in [-0.4, -0.2) is 52.9 Å². The molecule has 3 rings (SSSR count). The van der Waals surface area contributed by atoms with Crippen molar-refractivity contribution in [3.63, 3.8) is 0 Å². The number of aromatic nitrogens is 2. The van der Waals surface area contributed by atoms with Crippen LogP contribution in [0.5, 0.6) is 0 Å². The van der Waals surface area contributed by atoms with Crippen molar-refractivity contribution < 1.29 is 36.9 Å². The van der Waals surface area contributed by atoms with Gasteiger partial charge in [-0.3, -0.25) is 14.2 Å². The van der Waals surface area contributed by atoms with Gasteiger partial charge in [-0.05, 0) is 32.9 Å². The van der Waals surface area contributed by atoms with Gasteiger partial charge in [-0.25, -0.2) is 4.79 Å². The van der Waals surface area contributed by atoms with E-state index in [-0.39, 0.29) is 36.6 Å². The van der Waals surface area contributed by atoms with Gasteiger partial charge in [-0.2, -0.15) is 17.7 Å². The lowest BCUT2D eigenvalue weighted by atomic mass is 10.2. The standard InChI is InChI=1S/C25H27F3N2O7/c1-5-11-35-18-12-20(37-19(18)14-34-15-36-24(2,3)4)29-13-17(25(26,27)28)22(32)30(23(29)33)21(31)16-9-7-6-8-10-16/h1,6-10,13,18-20H,11-12,14-15H2,2-4H3/t18-,19+,20+/m0/s1. The van der Waals surface area contributed by atoms with Crippen LogP contribution >= 0.6 is 0 Å². The third-order valence-electron chi connectivity index (χ3n) is 5.37. The van der Waals surface area contributed by atoms with E-state index in [0.29, 0.717) is 10.8 Å². The lowest BCUT2D eigenvalue weighted by Gasteiger charge is -2.22. The second-order valence-electron chi connectivity index (χ2n) is 9.21. The molecule has 12 heteroatoms. The number of benzene rings is 1. The van der Waals surface area contributed by atoms with Gasteiger partial charge in [-0.15, -0.1) is 6.42 Å². The van der Waals surface area contributed by atoms with Crippen molar-refractivity contribution in [2.45, 2.75) is 57.4 Å². The predicted molar refractivity (Wildman–Crippen MR) is 125 cm³/mol. The molecule has 1 aliphatic heterocycles. The molecule has 1 aromatic carbocycles. The number of alkyl halides is 3. The summed E-state index contributed by atoms with van der Waals surface area (Å²) in [4.78, 5) is 38.8. The first-order chi connectivity index (χ1) is 17.3. The van der Waals surface area contributed by atoms with Gasteiger partial charge in [0.25, 0.3) is 11.5 Å². The van der Waals surface area contributed by atoms with Crippen LogP contribution in [-0.2, 0) is 25.1 Å². The fourth-order valence-electron chi connectivity index (χ4n) is 3.60. The maximum atomic E-state index is 13.8. The molecular weight excluding hydrogens is 497 g/mol. The molecule has 0 unspecified atom stereocenters. The highest BCUT2D eigenvalue weighted by molar-refractivity contribution is 5.95. The van der Waals surface area contributed by atoms with E-state index in [2.05, 4.69) is 5.92 Å². The summed E-state index contributed by atoms with van der Waals surface area (Å²) in [5.74, 6) is 1.10. The summed E-state index contributed by atoms with van der Waals surface area (Å²) in [5, 5.41) is 0. The van der Waals surface area contributed by atoms with Crippen molar-refractivity contribution in [2.75, 3.05) is 20.0 Å². The van der Waals surface area contributed by atoms with E-state index in [1.54, 1.807) is 6.07 Å². The zero-order valence-electron chi connectivity index (χ0n) is 20.5. The number of rotatable bonds is 8. The van der Waals surface area contributed by atoms with Crippen LogP contribution in [0.2, 0.25) is 0 Å². The molecule has 37 heavy (non-hydrogen) atoms. The molecule has 1 aliphatic rings. The molecule has 2 aromatic rings. The van der Waals surface area contributed by atoms with Gasteiger partial charge in [0, 0.05) is 18.2 Å². The van der Waals surface area contributed by atoms with Gasteiger partial charge in [-0.1, -0.05) is 24.1 Å². The SMILES string of the molecule is C#CCO[C@H]1C[C@H](n2cc(C(F)(F)F)c(=O)n(C(=O)c3ccccc3)c2=O)O[C@@H]1COCOC(C)(C)C. The Labute approximate surface area is 210 Å². The molecule has 0 aliphatic carbocycles. The van der Waals surface area contributed by atoms with Crippen LogP contribution in [0.15, 0.2) is 46.1 Å². The van der Waals surface area contributed by atoms with Gasteiger partial charge in [0.2, 0.25) is 0 Å². The minimum absolute atomic E-state index is 0.0418. The summed E-state index contributed by atoms with van der Waals surface area (Å²) in [6.07, 6.45) is -2.49. The first-order valence-corrected chi connectivity index (χ1v) is 11.3. The highest BCUT2D eigenvalue weighted by Gasteiger charge is 2.41. The van der Waals surface area contributed by atoms with Gasteiger partial charge in [0.15, 0.2) is 0 Å². The largest absolute Gasteiger partial charge is 0.423 e. The van der Waals surface area contributed by atoms with Crippen LogP contribution < -0.4 is 11.2 Å². The monoisotopic (exact) mass is 524 g/mol. The second kappa shape index (κ2) is 11.4. The molecule has 0 spiro atoms. The molecule has 3 atom stereocenters. The van der Waals surface area contributed by atoms with Gasteiger partial charge in [0.05, 0.1) is 18.3 Å². The van der Waals surface area contributed by atoms with Crippen molar-refractivity contribution in [1.82, 2.24) is 9.13 Å². The number of terminal acetylenes is 1. The minimum atomic E-state index is -5.14. The number of nitrogens with zero attached hydrogens (tertiary/aromatic N) is 2. The van der Waals surface area contributed by atoms with Crippen LogP contribution in [0.4, 0.5) is 13.2 Å². The average Bonchev–Trinajstić information content (AvgIpc) is 3.22. The molecule has 0 amide bonds. The zero-order chi connectivity index (χ0) is 27.4. The maximum absolute atomic E-state index is 13.8. The minimum Gasteiger partial charge on any atom is -0.363 e. The molecule has 9 nitrogen and oxygen atoms in total. The maximum Gasteiger partial charge on any atom is 0.423 e. The first-order valence-electron chi connectivity index (χ1n) is 11.3. The molecular formula is C25H27F3N2O7. The summed E-state index contributed by atoms with van der Waals surface area (Å²) in [6.45, 7) is 5.19. The van der Waals surface area contributed by atoms with Crippen LogP contribution in [0, 0.1) is 12.3 Å². The topological polar surface area (TPSA) is 98.0 Å². The Morgan fingerprint density at radius 1 is 1.19 bits per heavy atom. The molecule has 1 fully saturated rings. The van der Waals surface area contributed by atoms with Crippen LogP contribution in [0.3, 0.4) is 0 Å². The van der Waals surface area contributed by atoms with Gasteiger partial charge in [0.1, 0.15) is 31.3 Å². The fraction of sp³-hybridized carbons (Fsp3) is 0.480. The van der Waals surface area contributed by atoms with E-state index in [9.17, 15) is 27.6 Å². The predicted octanol–water partition coefficient (Wildman–Crippen LogP) is 2.81. The summed E-state index contributed by atoms with van der Waals surface area (Å²) in [6, 6.07) is 7.03. The molecule has 0 saturated carbocycles. The average molecular weight is 524 g/mol. The summed E-state index contributed by atoms with van der Waals surface area (Å²) >= 11 is 0. The number of hydrogen-bond acceptors (Lipinski definition) is 7. The number of halogens is 3. The number of ether oxygens (including phenoxy) is 4. The quantitative estimate of drug-likeness (QED) is 0.298.